The third kappa shape index (κ3) is 17.5. The summed E-state index contributed by atoms with van der Waals surface area (Å²) in [5.74, 6) is 0.506. The van der Waals surface area contributed by atoms with Crippen LogP contribution in [0.1, 0.15) is 91.4 Å². The summed E-state index contributed by atoms with van der Waals surface area (Å²) < 4.78 is 10.8. The lowest BCUT2D eigenvalue weighted by atomic mass is 10.0. The topological polar surface area (TPSA) is 52.6 Å². The maximum atomic E-state index is 11.7. The number of carbonyl (C=O) groups is 2. The van der Waals surface area contributed by atoms with Crippen molar-refractivity contribution >= 4 is 12.3 Å². The third-order valence-corrected chi connectivity index (χ3v) is 4.12. The Balaban J connectivity index is 3.35. The molecule has 0 aromatic heterocycles. The summed E-state index contributed by atoms with van der Waals surface area (Å²) >= 11 is 0. The van der Waals surface area contributed by atoms with Gasteiger partial charge in [0.15, 0.2) is 0 Å². The van der Waals surface area contributed by atoms with Crippen LogP contribution in [0.25, 0.3) is 0 Å². The fraction of sp³-hybridized carbons (Fsp3) is 0.900. The molecule has 0 fully saturated rings. The van der Waals surface area contributed by atoms with Crippen molar-refractivity contribution in [2.75, 3.05) is 13.2 Å². The molecule has 0 saturated heterocycles. The van der Waals surface area contributed by atoms with Crippen LogP contribution in [-0.4, -0.2) is 31.6 Å². The first-order valence-corrected chi connectivity index (χ1v) is 9.77. The molecule has 1 atom stereocenters. The molecule has 4 nitrogen and oxygen atoms in total. The Hall–Kier alpha value is -0.900. The summed E-state index contributed by atoms with van der Waals surface area (Å²) in [5.41, 5.74) is 0. The molecule has 0 spiro atoms. The Morgan fingerprint density at radius 1 is 0.875 bits per heavy atom. The third-order valence-electron chi connectivity index (χ3n) is 4.12. The zero-order valence-corrected chi connectivity index (χ0v) is 16.1. The Labute approximate surface area is 148 Å². The largest absolute Gasteiger partial charge is 0.466 e. The Morgan fingerprint density at radius 3 is 2.21 bits per heavy atom. The molecule has 0 bridgehead atoms. The molecule has 0 rings (SSSR count). The zero-order chi connectivity index (χ0) is 18.0. The molecule has 0 saturated carbocycles. The second kappa shape index (κ2) is 16.9. The highest BCUT2D eigenvalue weighted by Crippen LogP contribution is 2.12. The van der Waals surface area contributed by atoms with Gasteiger partial charge in [0.2, 0.25) is 0 Å². The molecule has 1 unspecified atom stereocenters. The Bertz CT molecular complexity index is 302. The first-order chi connectivity index (χ1) is 11.6. The van der Waals surface area contributed by atoms with E-state index in [1.54, 1.807) is 0 Å². The number of unbranched alkanes of at least 4 members (excludes halogenated alkanes) is 6. The molecular formula is C20H38O4. The van der Waals surface area contributed by atoms with E-state index in [-0.39, 0.29) is 5.97 Å². The summed E-state index contributed by atoms with van der Waals surface area (Å²) in [5, 5.41) is 0. The standard InChI is InChI=1S/C20H38O4/c1-18(2)23-16-11-12-19(3)14-17-24-20(22)13-9-7-5-4-6-8-10-15-21/h15,18-19H,4-14,16-17H2,1-3H3. The summed E-state index contributed by atoms with van der Waals surface area (Å²) in [4.78, 5) is 21.8. The monoisotopic (exact) mass is 342 g/mol. The van der Waals surface area contributed by atoms with E-state index >= 15 is 0 Å². The van der Waals surface area contributed by atoms with Gasteiger partial charge < -0.3 is 14.3 Å². The molecule has 0 radical (unpaired) electrons. The lowest BCUT2D eigenvalue weighted by Gasteiger charge is -2.12. The molecule has 0 aliphatic rings. The Morgan fingerprint density at radius 2 is 1.54 bits per heavy atom. The highest BCUT2D eigenvalue weighted by molar-refractivity contribution is 5.69. The van der Waals surface area contributed by atoms with Crippen LogP contribution in [0.5, 0.6) is 0 Å². The summed E-state index contributed by atoms with van der Waals surface area (Å²) in [6.07, 6.45) is 12.0. The van der Waals surface area contributed by atoms with Crippen LogP contribution in [0.4, 0.5) is 0 Å². The van der Waals surface area contributed by atoms with Crippen molar-refractivity contribution in [2.45, 2.75) is 97.5 Å². The van der Waals surface area contributed by atoms with Crippen molar-refractivity contribution in [3.05, 3.63) is 0 Å². The molecular weight excluding hydrogens is 304 g/mol. The predicted molar refractivity (Wildman–Crippen MR) is 98.1 cm³/mol. The van der Waals surface area contributed by atoms with E-state index in [1.807, 2.05) is 0 Å². The van der Waals surface area contributed by atoms with Crippen LogP contribution in [0.3, 0.4) is 0 Å². The normalized spacial score (nSPS) is 12.3. The highest BCUT2D eigenvalue weighted by Gasteiger charge is 2.06. The van der Waals surface area contributed by atoms with Crippen LogP contribution in [0.2, 0.25) is 0 Å². The number of esters is 1. The van der Waals surface area contributed by atoms with E-state index in [0.29, 0.717) is 31.5 Å². The number of hydrogen-bond acceptors (Lipinski definition) is 4. The maximum Gasteiger partial charge on any atom is 0.305 e. The number of ether oxygens (including phenoxy) is 2. The first-order valence-electron chi connectivity index (χ1n) is 9.77. The summed E-state index contributed by atoms with van der Waals surface area (Å²) in [7, 11) is 0. The molecule has 4 heteroatoms. The fourth-order valence-corrected chi connectivity index (χ4v) is 2.55. The van der Waals surface area contributed by atoms with Crippen molar-refractivity contribution in [3.8, 4) is 0 Å². The van der Waals surface area contributed by atoms with Crippen LogP contribution in [0.15, 0.2) is 0 Å². The predicted octanol–water partition coefficient (Wildman–Crippen LogP) is 5.08. The molecule has 0 aromatic rings. The minimum atomic E-state index is -0.0636. The Kier molecular flexibility index (Phi) is 16.3. The molecule has 0 amide bonds. The first kappa shape index (κ1) is 23.1. The van der Waals surface area contributed by atoms with E-state index in [1.165, 1.54) is 0 Å². The van der Waals surface area contributed by atoms with Crippen LogP contribution >= 0.6 is 0 Å². The molecule has 142 valence electrons. The van der Waals surface area contributed by atoms with Crippen LogP contribution < -0.4 is 0 Å². The molecule has 0 heterocycles. The van der Waals surface area contributed by atoms with Gasteiger partial charge in [-0.25, -0.2) is 0 Å². The molecule has 24 heavy (non-hydrogen) atoms. The van der Waals surface area contributed by atoms with Gasteiger partial charge in [0, 0.05) is 19.4 Å². The van der Waals surface area contributed by atoms with Gasteiger partial charge in [-0.3, -0.25) is 4.79 Å². The summed E-state index contributed by atoms with van der Waals surface area (Å²) in [6, 6.07) is 0. The van der Waals surface area contributed by atoms with Crippen molar-refractivity contribution in [1.82, 2.24) is 0 Å². The summed E-state index contributed by atoms with van der Waals surface area (Å²) in [6.45, 7) is 7.66. The average molecular weight is 343 g/mol. The molecule has 0 aliphatic carbocycles. The lowest BCUT2D eigenvalue weighted by Crippen LogP contribution is -2.10. The number of aldehydes is 1. The number of rotatable bonds is 17. The van der Waals surface area contributed by atoms with Crippen LogP contribution in [-0.2, 0) is 19.1 Å². The zero-order valence-electron chi connectivity index (χ0n) is 16.1. The quantitative estimate of drug-likeness (QED) is 0.210. The van der Waals surface area contributed by atoms with E-state index in [2.05, 4.69) is 20.8 Å². The second-order valence-corrected chi connectivity index (χ2v) is 7.00. The van der Waals surface area contributed by atoms with E-state index in [9.17, 15) is 9.59 Å². The van der Waals surface area contributed by atoms with Gasteiger partial charge in [0.05, 0.1) is 12.7 Å². The van der Waals surface area contributed by atoms with Gasteiger partial charge in [-0.15, -0.1) is 0 Å². The van der Waals surface area contributed by atoms with Crippen molar-refractivity contribution in [2.24, 2.45) is 5.92 Å². The van der Waals surface area contributed by atoms with Gasteiger partial charge >= 0.3 is 5.97 Å². The molecule has 0 N–H and O–H groups in total. The van der Waals surface area contributed by atoms with Crippen LogP contribution in [0, 0.1) is 5.92 Å². The van der Waals surface area contributed by atoms with E-state index < -0.39 is 0 Å². The van der Waals surface area contributed by atoms with Crippen molar-refractivity contribution < 1.29 is 19.1 Å². The van der Waals surface area contributed by atoms with Crippen molar-refractivity contribution in [1.29, 1.82) is 0 Å². The number of hydrogen-bond donors (Lipinski definition) is 0. The van der Waals surface area contributed by atoms with Crippen molar-refractivity contribution in [3.63, 3.8) is 0 Å². The van der Waals surface area contributed by atoms with Gasteiger partial charge in [-0.2, -0.15) is 0 Å². The lowest BCUT2D eigenvalue weighted by molar-refractivity contribution is -0.144. The van der Waals surface area contributed by atoms with Gasteiger partial charge in [0.25, 0.3) is 0 Å². The minimum Gasteiger partial charge on any atom is -0.466 e. The van der Waals surface area contributed by atoms with Gasteiger partial charge in [0.1, 0.15) is 6.29 Å². The molecule has 0 aliphatic heterocycles. The highest BCUT2D eigenvalue weighted by atomic mass is 16.5. The fourth-order valence-electron chi connectivity index (χ4n) is 2.55. The number of carbonyl (C=O) groups excluding carboxylic acids is 2. The van der Waals surface area contributed by atoms with Gasteiger partial charge in [-0.05, 0) is 51.9 Å². The SMILES string of the molecule is CC(CCCOC(C)C)CCOC(=O)CCCCCCCCC=O. The smallest absolute Gasteiger partial charge is 0.305 e. The maximum absolute atomic E-state index is 11.7. The van der Waals surface area contributed by atoms with E-state index in [4.69, 9.17) is 9.47 Å². The minimum absolute atomic E-state index is 0.0636. The van der Waals surface area contributed by atoms with Gasteiger partial charge in [-0.1, -0.05) is 32.6 Å². The molecule has 0 aromatic carbocycles. The second-order valence-electron chi connectivity index (χ2n) is 7.00. The average Bonchev–Trinajstić information content (AvgIpc) is 2.54. The van der Waals surface area contributed by atoms with E-state index in [0.717, 1.165) is 70.7 Å².